The van der Waals surface area contributed by atoms with Gasteiger partial charge in [-0.25, -0.2) is 0 Å². The van der Waals surface area contributed by atoms with Crippen molar-refractivity contribution in [1.29, 1.82) is 0 Å². The van der Waals surface area contributed by atoms with E-state index in [1.54, 1.807) is 6.08 Å². The van der Waals surface area contributed by atoms with Gasteiger partial charge in [0, 0.05) is 17.9 Å². The maximum Gasteiger partial charge on any atom is 0.303 e. The second-order valence-corrected chi connectivity index (χ2v) is 5.49. The van der Waals surface area contributed by atoms with E-state index < -0.39 is 5.97 Å². The third-order valence-corrected chi connectivity index (χ3v) is 3.72. The summed E-state index contributed by atoms with van der Waals surface area (Å²) in [7, 11) is 0. The molecule has 1 atom stereocenters. The minimum Gasteiger partial charge on any atom is -0.481 e. The van der Waals surface area contributed by atoms with Gasteiger partial charge in [-0.1, -0.05) is 56.9 Å². The van der Waals surface area contributed by atoms with Crippen LogP contribution in [-0.4, -0.2) is 16.9 Å². The molecule has 0 spiro atoms. The van der Waals surface area contributed by atoms with Crippen molar-refractivity contribution in [3.63, 3.8) is 0 Å². The number of ketones is 1. The Morgan fingerprint density at radius 2 is 1.95 bits per heavy atom. The van der Waals surface area contributed by atoms with Crippen LogP contribution in [0.4, 0.5) is 0 Å². The van der Waals surface area contributed by atoms with Crippen molar-refractivity contribution in [3.8, 4) is 0 Å². The van der Waals surface area contributed by atoms with E-state index in [-0.39, 0.29) is 18.1 Å². The zero-order chi connectivity index (χ0) is 15.5. The molecule has 1 unspecified atom stereocenters. The molecule has 1 aliphatic carbocycles. The molecular formula is C18H26O3. The molecule has 0 radical (unpaired) electrons. The Balaban J connectivity index is 2.23. The van der Waals surface area contributed by atoms with Crippen LogP contribution >= 0.6 is 0 Å². The van der Waals surface area contributed by atoms with Crippen LogP contribution in [-0.2, 0) is 9.59 Å². The van der Waals surface area contributed by atoms with Crippen LogP contribution < -0.4 is 0 Å². The molecule has 0 bridgehead atoms. The summed E-state index contributed by atoms with van der Waals surface area (Å²) in [6, 6.07) is 0. The van der Waals surface area contributed by atoms with Crippen LogP contribution in [0.1, 0.15) is 58.3 Å². The molecule has 1 N–H and O–H groups in total. The third kappa shape index (κ3) is 7.07. The molecule has 1 rings (SSSR count). The lowest BCUT2D eigenvalue weighted by Gasteiger charge is -2.09. The second-order valence-electron chi connectivity index (χ2n) is 5.49. The number of carbonyl (C=O) groups is 2. The minimum absolute atomic E-state index is 0.141. The fourth-order valence-electron chi connectivity index (χ4n) is 2.52. The maximum absolute atomic E-state index is 11.8. The molecule has 3 heteroatoms. The molecule has 0 saturated carbocycles. The van der Waals surface area contributed by atoms with E-state index in [4.69, 9.17) is 5.11 Å². The molecular weight excluding hydrogens is 264 g/mol. The highest BCUT2D eigenvalue weighted by Crippen LogP contribution is 2.27. The van der Waals surface area contributed by atoms with Crippen LogP contribution in [0.5, 0.6) is 0 Å². The Kier molecular flexibility index (Phi) is 8.41. The monoisotopic (exact) mass is 290 g/mol. The lowest BCUT2D eigenvalue weighted by molar-refractivity contribution is -0.137. The smallest absolute Gasteiger partial charge is 0.303 e. The average molecular weight is 290 g/mol. The number of allylic oxidation sites excluding steroid dienone is 6. The summed E-state index contributed by atoms with van der Waals surface area (Å²) < 4.78 is 0. The first-order valence-electron chi connectivity index (χ1n) is 7.96. The summed E-state index contributed by atoms with van der Waals surface area (Å²) in [5, 5.41) is 8.55. The maximum atomic E-state index is 11.8. The third-order valence-electron chi connectivity index (χ3n) is 3.72. The Hall–Kier alpha value is -1.64. The molecule has 1 aliphatic rings. The predicted molar refractivity (Wildman–Crippen MR) is 85.1 cm³/mol. The number of carboxylic acids is 1. The molecule has 0 amide bonds. The highest BCUT2D eigenvalue weighted by molar-refractivity contribution is 6.07. The standard InChI is InChI=1S/C18H26O3/c1-2-3-7-11-16-15(13-14-17(16)19)10-8-5-4-6-9-12-18(20)21/h3,7,11,13-15H,2,4-6,8-10,12H2,1H3,(H,20,21)/b7-3-,16-11+. The molecule has 21 heavy (non-hydrogen) atoms. The van der Waals surface area contributed by atoms with Crippen LogP contribution in [0.25, 0.3) is 0 Å². The lowest BCUT2D eigenvalue weighted by Crippen LogP contribution is -2.02. The van der Waals surface area contributed by atoms with Gasteiger partial charge in [-0.05, 0) is 25.3 Å². The second kappa shape index (κ2) is 10.1. The number of hydrogen-bond acceptors (Lipinski definition) is 2. The average Bonchev–Trinajstić information content (AvgIpc) is 2.79. The van der Waals surface area contributed by atoms with Gasteiger partial charge in [0.1, 0.15) is 0 Å². The van der Waals surface area contributed by atoms with E-state index in [0.29, 0.717) is 0 Å². The largest absolute Gasteiger partial charge is 0.481 e. The van der Waals surface area contributed by atoms with E-state index in [0.717, 1.165) is 50.5 Å². The normalized spacial score (nSPS) is 20.0. The number of aliphatic carboxylic acids is 1. The Bertz CT molecular complexity index is 430. The predicted octanol–water partition coefficient (Wildman–Crippen LogP) is 4.45. The number of carboxylic acid groups (broad SMARTS) is 1. The summed E-state index contributed by atoms with van der Waals surface area (Å²) in [6.45, 7) is 2.07. The van der Waals surface area contributed by atoms with Crippen LogP contribution in [0.2, 0.25) is 0 Å². The van der Waals surface area contributed by atoms with E-state index in [2.05, 4.69) is 13.0 Å². The van der Waals surface area contributed by atoms with E-state index in [9.17, 15) is 9.59 Å². The van der Waals surface area contributed by atoms with E-state index in [1.165, 1.54) is 0 Å². The lowest BCUT2D eigenvalue weighted by atomic mass is 9.94. The summed E-state index contributed by atoms with van der Waals surface area (Å²) in [5.41, 5.74) is 0.908. The first kappa shape index (κ1) is 17.4. The van der Waals surface area contributed by atoms with Gasteiger partial charge in [-0.3, -0.25) is 9.59 Å². The van der Waals surface area contributed by atoms with Crippen LogP contribution in [0.3, 0.4) is 0 Å². The first-order valence-corrected chi connectivity index (χ1v) is 7.96. The first-order chi connectivity index (χ1) is 10.1. The van der Waals surface area contributed by atoms with E-state index in [1.807, 2.05) is 18.2 Å². The van der Waals surface area contributed by atoms with Crippen LogP contribution in [0.15, 0.2) is 36.0 Å². The molecule has 116 valence electrons. The van der Waals surface area contributed by atoms with Crippen molar-refractivity contribution in [2.45, 2.75) is 58.3 Å². The van der Waals surface area contributed by atoms with Gasteiger partial charge in [0.2, 0.25) is 0 Å². The van der Waals surface area contributed by atoms with Crippen LogP contribution in [0, 0.1) is 5.92 Å². The molecule has 0 saturated heterocycles. The summed E-state index contributed by atoms with van der Waals surface area (Å²) >= 11 is 0. The molecule has 0 aromatic heterocycles. The van der Waals surface area contributed by atoms with Crippen molar-refractivity contribution >= 4 is 11.8 Å². The minimum atomic E-state index is -0.709. The van der Waals surface area contributed by atoms with Crippen molar-refractivity contribution in [1.82, 2.24) is 0 Å². The van der Waals surface area contributed by atoms with Gasteiger partial charge >= 0.3 is 5.97 Å². The summed E-state index contributed by atoms with van der Waals surface area (Å²) in [4.78, 5) is 22.2. The van der Waals surface area contributed by atoms with Gasteiger partial charge in [-0.2, -0.15) is 0 Å². The summed E-state index contributed by atoms with van der Waals surface area (Å²) in [5.74, 6) is -0.306. The van der Waals surface area contributed by atoms with Gasteiger partial charge < -0.3 is 5.11 Å². The number of carbonyl (C=O) groups excluding carboxylic acids is 1. The van der Waals surface area contributed by atoms with Gasteiger partial charge in [0.15, 0.2) is 5.78 Å². The molecule has 0 aromatic carbocycles. The number of rotatable bonds is 10. The molecule has 0 aromatic rings. The molecule has 0 fully saturated rings. The fourth-order valence-corrected chi connectivity index (χ4v) is 2.52. The van der Waals surface area contributed by atoms with E-state index >= 15 is 0 Å². The topological polar surface area (TPSA) is 54.4 Å². The Morgan fingerprint density at radius 3 is 2.67 bits per heavy atom. The highest BCUT2D eigenvalue weighted by atomic mass is 16.4. The zero-order valence-electron chi connectivity index (χ0n) is 12.9. The van der Waals surface area contributed by atoms with Crippen molar-refractivity contribution in [2.75, 3.05) is 0 Å². The number of hydrogen-bond donors (Lipinski definition) is 1. The van der Waals surface area contributed by atoms with Gasteiger partial charge in [0.25, 0.3) is 0 Å². The number of unbranched alkanes of at least 4 members (excludes halogenated alkanes) is 4. The fraction of sp³-hybridized carbons (Fsp3) is 0.556. The Labute approximate surface area is 127 Å². The zero-order valence-corrected chi connectivity index (χ0v) is 12.9. The van der Waals surface area contributed by atoms with Gasteiger partial charge in [0.05, 0.1) is 0 Å². The molecule has 3 nitrogen and oxygen atoms in total. The van der Waals surface area contributed by atoms with Crippen molar-refractivity contribution in [2.24, 2.45) is 5.92 Å². The van der Waals surface area contributed by atoms with Gasteiger partial charge in [-0.15, -0.1) is 0 Å². The quantitative estimate of drug-likeness (QED) is 0.477. The summed E-state index contributed by atoms with van der Waals surface area (Å²) in [6.07, 6.45) is 16.9. The highest BCUT2D eigenvalue weighted by Gasteiger charge is 2.21. The van der Waals surface area contributed by atoms with Crippen molar-refractivity contribution in [3.05, 3.63) is 36.0 Å². The van der Waals surface area contributed by atoms with Crippen molar-refractivity contribution < 1.29 is 14.7 Å². The molecule has 0 aliphatic heterocycles. The SMILES string of the molecule is CC/C=C\C=C1\C(=O)C=CC1CCCCCCCC(=O)O. The Morgan fingerprint density at radius 1 is 1.24 bits per heavy atom. The molecule has 0 heterocycles.